The molecule has 0 amide bonds. The van der Waals surface area contributed by atoms with Crippen molar-refractivity contribution < 1.29 is 0 Å². The van der Waals surface area contributed by atoms with E-state index in [1.165, 1.54) is 0 Å². The molecule has 17 heavy (non-hydrogen) atoms. The summed E-state index contributed by atoms with van der Waals surface area (Å²) in [6.07, 6.45) is 3.92. The second-order valence-corrected chi connectivity index (χ2v) is 5.88. The molecule has 0 saturated carbocycles. The Hall–Kier alpha value is -0.600. The Labute approximate surface area is 108 Å². The normalized spacial score (nSPS) is 15.6. The zero-order valence-electron chi connectivity index (χ0n) is 12.3. The van der Waals surface area contributed by atoms with E-state index < -0.39 is 0 Å². The van der Waals surface area contributed by atoms with Crippen molar-refractivity contribution in [1.82, 2.24) is 10.2 Å². The monoisotopic (exact) mass is 238 g/mol. The van der Waals surface area contributed by atoms with Crippen molar-refractivity contribution in [3.05, 3.63) is 25.3 Å². The fourth-order valence-corrected chi connectivity index (χ4v) is 1.74. The Balaban J connectivity index is 4.27. The summed E-state index contributed by atoms with van der Waals surface area (Å²) in [5, 5.41) is 3.56. The van der Waals surface area contributed by atoms with Crippen molar-refractivity contribution >= 4 is 0 Å². The van der Waals surface area contributed by atoms with E-state index in [1.54, 1.807) is 0 Å². The zero-order valence-corrected chi connectivity index (χ0v) is 12.3. The van der Waals surface area contributed by atoms with Crippen molar-refractivity contribution in [2.45, 2.75) is 46.2 Å². The molecule has 0 heterocycles. The second kappa shape index (κ2) is 7.67. The molecule has 2 nitrogen and oxygen atoms in total. The van der Waals surface area contributed by atoms with Crippen LogP contribution in [0.4, 0.5) is 0 Å². The van der Waals surface area contributed by atoms with Gasteiger partial charge in [0.05, 0.1) is 0 Å². The maximum absolute atomic E-state index is 3.82. The summed E-state index contributed by atoms with van der Waals surface area (Å²) in [5.41, 5.74) is 0.190. The molecule has 1 N–H and O–H groups in total. The van der Waals surface area contributed by atoms with Gasteiger partial charge in [-0.15, -0.1) is 13.2 Å². The molecule has 2 unspecified atom stereocenters. The summed E-state index contributed by atoms with van der Waals surface area (Å²) in [4.78, 5) is 2.40. The maximum Gasteiger partial charge on any atom is 0.0166 e. The van der Waals surface area contributed by atoms with E-state index in [2.05, 4.69) is 58.0 Å². The molecule has 0 saturated heterocycles. The van der Waals surface area contributed by atoms with Gasteiger partial charge in [0.2, 0.25) is 0 Å². The SMILES string of the molecule is C=CCN(CC=C)C(C)C(C)CNC(C)(C)C. The van der Waals surface area contributed by atoms with Gasteiger partial charge in [0.1, 0.15) is 0 Å². The molecule has 0 aliphatic rings. The Bertz CT molecular complexity index is 218. The van der Waals surface area contributed by atoms with E-state index in [0.29, 0.717) is 12.0 Å². The van der Waals surface area contributed by atoms with Gasteiger partial charge in [0.25, 0.3) is 0 Å². The summed E-state index contributed by atoms with van der Waals surface area (Å²) in [6, 6.07) is 0.529. The summed E-state index contributed by atoms with van der Waals surface area (Å²) in [5.74, 6) is 0.606. The van der Waals surface area contributed by atoms with E-state index in [1.807, 2.05) is 12.2 Å². The van der Waals surface area contributed by atoms with Crippen molar-refractivity contribution in [1.29, 1.82) is 0 Å². The lowest BCUT2D eigenvalue weighted by molar-refractivity contribution is 0.187. The smallest absolute Gasteiger partial charge is 0.0166 e. The fraction of sp³-hybridized carbons (Fsp3) is 0.733. The Kier molecular flexibility index (Phi) is 7.40. The molecule has 2 atom stereocenters. The number of rotatable bonds is 8. The maximum atomic E-state index is 3.82. The molecule has 0 aromatic heterocycles. The van der Waals surface area contributed by atoms with Crippen LogP contribution in [0.25, 0.3) is 0 Å². The van der Waals surface area contributed by atoms with Gasteiger partial charge in [0, 0.05) is 24.7 Å². The highest BCUT2D eigenvalue weighted by atomic mass is 15.1. The predicted molar refractivity (Wildman–Crippen MR) is 78.3 cm³/mol. The van der Waals surface area contributed by atoms with Crippen LogP contribution >= 0.6 is 0 Å². The van der Waals surface area contributed by atoms with Gasteiger partial charge in [-0.1, -0.05) is 19.1 Å². The van der Waals surface area contributed by atoms with Gasteiger partial charge >= 0.3 is 0 Å². The van der Waals surface area contributed by atoms with E-state index >= 15 is 0 Å². The summed E-state index contributed by atoms with van der Waals surface area (Å²) >= 11 is 0. The lowest BCUT2D eigenvalue weighted by Crippen LogP contribution is -2.45. The highest BCUT2D eigenvalue weighted by Gasteiger charge is 2.20. The molecular weight excluding hydrogens is 208 g/mol. The van der Waals surface area contributed by atoms with E-state index in [9.17, 15) is 0 Å². The van der Waals surface area contributed by atoms with Gasteiger partial charge in [-0.25, -0.2) is 0 Å². The highest BCUT2D eigenvalue weighted by molar-refractivity contribution is 4.86. The number of hydrogen-bond donors (Lipinski definition) is 1. The molecule has 0 aliphatic carbocycles. The van der Waals surface area contributed by atoms with Gasteiger partial charge < -0.3 is 5.32 Å². The van der Waals surface area contributed by atoms with Crippen LogP contribution in [-0.4, -0.2) is 36.1 Å². The van der Waals surface area contributed by atoms with Crippen molar-refractivity contribution in [2.24, 2.45) is 5.92 Å². The molecule has 0 aliphatic heterocycles. The topological polar surface area (TPSA) is 15.3 Å². The molecular formula is C15H30N2. The summed E-state index contributed by atoms with van der Waals surface area (Å²) < 4.78 is 0. The molecule has 0 radical (unpaired) electrons. The standard InChI is InChI=1S/C15H30N2/c1-8-10-17(11-9-2)14(4)13(3)12-16-15(5,6)7/h8-9,13-14,16H,1-2,10-12H2,3-7H3. The van der Waals surface area contributed by atoms with Crippen molar-refractivity contribution in [3.8, 4) is 0 Å². The minimum absolute atomic E-state index is 0.190. The first-order valence-corrected chi connectivity index (χ1v) is 6.52. The lowest BCUT2D eigenvalue weighted by Gasteiger charge is -2.33. The molecule has 0 bridgehead atoms. The zero-order chi connectivity index (χ0) is 13.5. The largest absolute Gasteiger partial charge is 0.312 e. The molecule has 0 aromatic rings. The van der Waals surface area contributed by atoms with Crippen molar-refractivity contribution in [3.63, 3.8) is 0 Å². The van der Waals surface area contributed by atoms with Gasteiger partial charge in [-0.05, 0) is 40.2 Å². The van der Waals surface area contributed by atoms with Gasteiger partial charge in [0.15, 0.2) is 0 Å². The lowest BCUT2D eigenvalue weighted by atomic mass is 9.99. The third-order valence-electron chi connectivity index (χ3n) is 3.08. The van der Waals surface area contributed by atoms with E-state index in [4.69, 9.17) is 0 Å². The van der Waals surface area contributed by atoms with E-state index in [-0.39, 0.29) is 5.54 Å². The van der Waals surface area contributed by atoms with Crippen LogP contribution in [0, 0.1) is 5.92 Å². The molecule has 100 valence electrons. The molecule has 0 spiro atoms. The van der Waals surface area contributed by atoms with Crippen molar-refractivity contribution in [2.75, 3.05) is 19.6 Å². The first-order chi connectivity index (χ1) is 7.81. The minimum atomic E-state index is 0.190. The first-order valence-electron chi connectivity index (χ1n) is 6.52. The third-order valence-corrected chi connectivity index (χ3v) is 3.08. The van der Waals surface area contributed by atoms with Gasteiger partial charge in [-0.3, -0.25) is 4.90 Å². The molecule has 0 rings (SSSR count). The average Bonchev–Trinajstić information content (AvgIpc) is 2.23. The molecule has 2 heteroatoms. The molecule has 0 aromatic carbocycles. The number of nitrogens with zero attached hydrogens (tertiary/aromatic N) is 1. The second-order valence-electron chi connectivity index (χ2n) is 5.88. The Morgan fingerprint density at radius 3 is 1.94 bits per heavy atom. The fourth-order valence-electron chi connectivity index (χ4n) is 1.74. The van der Waals surface area contributed by atoms with Crippen LogP contribution in [0.1, 0.15) is 34.6 Å². The predicted octanol–water partition coefficient (Wildman–Crippen LogP) is 3.07. The van der Waals surface area contributed by atoms with Crippen LogP contribution in [0.15, 0.2) is 25.3 Å². The Morgan fingerprint density at radius 1 is 1.12 bits per heavy atom. The summed E-state index contributed by atoms with van der Waals surface area (Å²) in [6.45, 7) is 21.7. The minimum Gasteiger partial charge on any atom is -0.312 e. The quantitative estimate of drug-likeness (QED) is 0.654. The van der Waals surface area contributed by atoms with Crippen LogP contribution in [0.5, 0.6) is 0 Å². The average molecular weight is 238 g/mol. The van der Waals surface area contributed by atoms with Crippen LogP contribution in [0.3, 0.4) is 0 Å². The van der Waals surface area contributed by atoms with E-state index in [0.717, 1.165) is 19.6 Å². The van der Waals surface area contributed by atoms with Crippen LogP contribution in [0.2, 0.25) is 0 Å². The first kappa shape index (κ1) is 16.4. The highest BCUT2D eigenvalue weighted by Crippen LogP contribution is 2.12. The number of nitrogens with one attached hydrogen (secondary N) is 1. The third kappa shape index (κ3) is 7.35. The van der Waals surface area contributed by atoms with Crippen LogP contribution < -0.4 is 5.32 Å². The van der Waals surface area contributed by atoms with Gasteiger partial charge in [-0.2, -0.15) is 0 Å². The summed E-state index contributed by atoms with van der Waals surface area (Å²) in [7, 11) is 0. The Morgan fingerprint density at radius 2 is 1.59 bits per heavy atom. The van der Waals surface area contributed by atoms with Crippen LogP contribution in [-0.2, 0) is 0 Å². The molecule has 0 fully saturated rings. The number of hydrogen-bond acceptors (Lipinski definition) is 2.